The van der Waals surface area contributed by atoms with Crippen molar-refractivity contribution in [2.75, 3.05) is 26.8 Å². The number of carbonyl (C=O) groups is 1. The lowest BCUT2D eigenvalue weighted by Crippen LogP contribution is -2.34. The van der Waals surface area contributed by atoms with Crippen LogP contribution in [-0.2, 0) is 4.74 Å². The fourth-order valence-electron chi connectivity index (χ4n) is 2.04. The first-order chi connectivity index (χ1) is 9.11. The lowest BCUT2D eigenvalue weighted by atomic mass is 10.1. The zero-order chi connectivity index (χ0) is 13.8. The first kappa shape index (κ1) is 14.0. The van der Waals surface area contributed by atoms with E-state index in [9.17, 15) is 14.3 Å². The molecule has 104 valence electrons. The highest BCUT2D eigenvalue weighted by Crippen LogP contribution is 2.27. The van der Waals surface area contributed by atoms with Crippen LogP contribution in [-0.4, -0.2) is 48.6 Å². The summed E-state index contributed by atoms with van der Waals surface area (Å²) < 4.78 is 18.1. The van der Waals surface area contributed by atoms with Crippen molar-refractivity contribution in [1.82, 2.24) is 4.90 Å². The number of phenols is 1. The second-order valence-corrected chi connectivity index (χ2v) is 4.78. The Hall–Kier alpha value is -1.46. The van der Waals surface area contributed by atoms with Crippen LogP contribution in [0.15, 0.2) is 18.2 Å². The van der Waals surface area contributed by atoms with Crippen LogP contribution in [0, 0.1) is 5.82 Å². The normalized spacial score (nSPS) is 14.9. The number of ketones is 1. The molecular formula is C14H18FNO3. The van der Waals surface area contributed by atoms with Crippen LogP contribution in [0.2, 0.25) is 0 Å². The third-order valence-electron chi connectivity index (χ3n) is 3.25. The summed E-state index contributed by atoms with van der Waals surface area (Å²) in [5, 5.41) is 9.62. The highest BCUT2D eigenvalue weighted by atomic mass is 19.1. The molecular weight excluding hydrogens is 249 g/mol. The molecule has 2 rings (SSSR count). The van der Waals surface area contributed by atoms with Crippen LogP contribution >= 0.6 is 0 Å². The molecule has 0 aromatic heterocycles. The van der Waals surface area contributed by atoms with E-state index in [1.165, 1.54) is 6.07 Å². The SMILES string of the molecule is COCCN(CC(=O)c1cc(F)ccc1O)C1CC1. The molecule has 0 saturated heterocycles. The standard InChI is InChI=1S/C14H18FNO3/c1-19-7-6-16(11-3-4-11)9-14(18)12-8-10(15)2-5-13(12)17/h2,5,8,11,17H,3-4,6-7,9H2,1H3. The summed E-state index contributed by atoms with van der Waals surface area (Å²) in [6.45, 7) is 1.41. The van der Waals surface area contributed by atoms with Gasteiger partial charge in [-0.1, -0.05) is 0 Å². The molecule has 1 N–H and O–H groups in total. The first-order valence-electron chi connectivity index (χ1n) is 6.36. The zero-order valence-electron chi connectivity index (χ0n) is 10.9. The number of benzene rings is 1. The lowest BCUT2D eigenvalue weighted by Gasteiger charge is -2.20. The van der Waals surface area contributed by atoms with Crippen LogP contribution < -0.4 is 0 Å². The molecule has 1 aromatic rings. The Labute approximate surface area is 111 Å². The van der Waals surface area contributed by atoms with Gasteiger partial charge in [0, 0.05) is 19.7 Å². The zero-order valence-corrected chi connectivity index (χ0v) is 10.9. The Morgan fingerprint density at radius 2 is 2.26 bits per heavy atom. The molecule has 1 aliphatic carbocycles. The number of aromatic hydroxyl groups is 1. The minimum absolute atomic E-state index is 0.0445. The van der Waals surface area contributed by atoms with Crippen LogP contribution in [0.4, 0.5) is 4.39 Å². The van der Waals surface area contributed by atoms with E-state index in [0.717, 1.165) is 25.0 Å². The predicted molar refractivity (Wildman–Crippen MR) is 68.9 cm³/mol. The lowest BCUT2D eigenvalue weighted by molar-refractivity contribution is 0.0883. The van der Waals surface area contributed by atoms with E-state index in [1.807, 2.05) is 4.90 Å². The molecule has 1 fully saturated rings. The third-order valence-corrected chi connectivity index (χ3v) is 3.25. The monoisotopic (exact) mass is 267 g/mol. The van der Waals surface area contributed by atoms with Crippen molar-refractivity contribution in [3.63, 3.8) is 0 Å². The van der Waals surface area contributed by atoms with Gasteiger partial charge < -0.3 is 9.84 Å². The van der Waals surface area contributed by atoms with Crippen LogP contribution in [0.3, 0.4) is 0 Å². The van der Waals surface area contributed by atoms with Gasteiger partial charge in [0.25, 0.3) is 0 Å². The van der Waals surface area contributed by atoms with Gasteiger partial charge in [0.15, 0.2) is 5.78 Å². The molecule has 0 unspecified atom stereocenters. The van der Waals surface area contributed by atoms with Crippen molar-refractivity contribution < 1.29 is 19.0 Å². The summed E-state index contributed by atoms with van der Waals surface area (Å²) in [7, 11) is 1.62. The van der Waals surface area contributed by atoms with Crippen LogP contribution in [0.5, 0.6) is 5.75 Å². The number of nitrogens with zero attached hydrogens (tertiary/aromatic N) is 1. The van der Waals surface area contributed by atoms with Gasteiger partial charge in [-0.25, -0.2) is 4.39 Å². The number of rotatable bonds is 7. The minimum atomic E-state index is -0.518. The summed E-state index contributed by atoms with van der Waals surface area (Å²) in [5.74, 6) is -0.954. The van der Waals surface area contributed by atoms with E-state index in [2.05, 4.69) is 0 Å². The maximum Gasteiger partial charge on any atom is 0.180 e. The maximum atomic E-state index is 13.1. The molecule has 1 aliphatic rings. The van der Waals surface area contributed by atoms with Gasteiger partial charge in [0.1, 0.15) is 11.6 Å². The van der Waals surface area contributed by atoms with Gasteiger partial charge in [-0.15, -0.1) is 0 Å². The molecule has 0 radical (unpaired) electrons. The van der Waals surface area contributed by atoms with Gasteiger partial charge in [0.05, 0.1) is 18.7 Å². The number of phenolic OH excluding ortho intramolecular Hbond substituents is 1. The van der Waals surface area contributed by atoms with E-state index in [0.29, 0.717) is 19.2 Å². The first-order valence-corrected chi connectivity index (χ1v) is 6.36. The summed E-state index contributed by atoms with van der Waals surface area (Å²) >= 11 is 0. The van der Waals surface area contributed by atoms with E-state index in [1.54, 1.807) is 7.11 Å². The van der Waals surface area contributed by atoms with E-state index >= 15 is 0 Å². The third kappa shape index (κ3) is 3.75. The van der Waals surface area contributed by atoms with Gasteiger partial charge in [-0.2, -0.15) is 0 Å². The molecule has 0 amide bonds. The molecule has 0 spiro atoms. The average Bonchev–Trinajstić information content (AvgIpc) is 3.21. The van der Waals surface area contributed by atoms with Crippen molar-refractivity contribution in [3.8, 4) is 5.75 Å². The Balaban J connectivity index is 2.03. The second-order valence-electron chi connectivity index (χ2n) is 4.78. The molecule has 5 heteroatoms. The van der Waals surface area contributed by atoms with Gasteiger partial charge in [0.2, 0.25) is 0 Å². The second kappa shape index (κ2) is 6.12. The molecule has 0 heterocycles. The summed E-state index contributed by atoms with van der Waals surface area (Å²) in [5.41, 5.74) is 0.0445. The minimum Gasteiger partial charge on any atom is -0.507 e. The fourth-order valence-corrected chi connectivity index (χ4v) is 2.04. The number of Topliss-reactive ketones (excluding diaryl/α,β-unsaturated/α-hetero) is 1. The van der Waals surface area contributed by atoms with E-state index in [4.69, 9.17) is 4.74 Å². The summed E-state index contributed by atoms with van der Waals surface area (Å²) in [4.78, 5) is 14.1. The fraction of sp³-hybridized carbons (Fsp3) is 0.500. The van der Waals surface area contributed by atoms with Crippen molar-refractivity contribution in [2.45, 2.75) is 18.9 Å². The van der Waals surface area contributed by atoms with Gasteiger partial charge in [-0.3, -0.25) is 9.69 Å². The molecule has 1 aromatic carbocycles. The van der Waals surface area contributed by atoms with Crippen molar-refractivity contribution >= 4 is 5.78 Å². The summed E-state index contributed by atoms with van der Waals surface area (Å²) in [6, 6.07) is 3.84. The Kier molecular flexibility index (Phi) is 4.50. The molecule has 0 bridgehead atoms. The average molecular weight is 267 g/mol. The number of methoxy groups -OCH3 is 1. The van der Waals surface area contributed by atoms with Gasteiger partial charge >= 0.3 is 0 Å². The molecule has 4 nitrogen and oxygen atoms in total. The Bertz CT molecular complexity index is 460. The van der Waals surface area contributed by atoms with E-state index < -0.39 is 5.82 Å². The van der Waals surface area contributed by atoms with Crippen molar-refractivity contribution in [3.05, 3.63) is 29.6 Å². The number of carbonyl (C=O) groups excluding carboxylic acids is 1. The van der Waals surface area contributed by atoms with E-state index in [-0.39, 0.29) is 23.6 Å². The highest BCUT2D eigenvalue weighted by molar-refractivity contribution is 6.00. The quantitative estimate of drug-likeness (QED) is 0.766. The highest BCUT2D eigenvalue weighted by Gasteiger charge is 2.30. The molecule has 0 atom stereocenters. The topological polar surface area (TPSA) is 49.8 Å². The Morgan fingerprint density at radius 3 is 2.89 bits per heavy atom. The predicted octanol–water partition coefficient (Wildman–Crippen LogP) is 1.82. The number of ether oxygens (including phenoxy) is 1. The van der Waals surface area contributed by atoms with Crippen LogP contribution in [0.1, 0.15) is 23.2 Å². The largest absolute Gasteiger partial charge is 0.507 e. The maximum absolute atomic E-state index is 13.1. The Morgan fingerprint density at radius 1 is 1.53 bits per heavy atom. The van der Waals surface area contributed by atoms with Crippen LogP contribution in [0.25, 0.3) is 0 Å². The van der Waals surface area contributed by atoms with Crippen molar-refractivity contribution in [1.29, 1.82) is 0 Å². The summed E-state index contributed by atoms with van der Waals surface area (Å²) in [6.07, 6.45) is 2.15. The smallest absolute Gasteiger partial charge is 0.180 e. The van der Waals surface area contributed by atoms with Crippen molar-refractivity contribution in [2.24, 2.45) is 0 Å². The molecule has 0 aliphatic heterocycles. The van der Waals surface area contributed by atoms with Gasteiger partial charge in [-0.05, 0) is 31.0 Å². The molecule has 1 saturated carbocycles. The molecule has 19 heavy (non-hydrogen) atoms. The number of hydrogen-bond donors (Lipinski definition) is 1. The number of hydrogen-bond acceptors (Lipinski definition) is 4. The number of halogens is 1.